The molecule has 1 fully saturated rings. The van der Waals surface area contributed by atoms with Crippen LogP contribution in [0.4, 0.5) is 0 Å². The lowest BCUT2D eigenvalue weighted by Crippen LogP contribution is -2.56. The Bertz CT molecular complexity index is 569. The van der Waals surface area contributed by atoms with Crippen LogP contribution in [-0.2, 0) is 16.6 Å². The number of nitrogens with one attached hydrogen (secondary N) is 1. The van der Waals surface area contributed by atoms with Crippen molar-refractivity contribution in [3.63, 3.8) is 0 Å². The monoisotopic (exact) mass is 311 g/mol. The Balaban J connectivity index is 2.22. The Labute approximate surface area is 128 Å². The third-order valence-corrected chi connectivity index (χ3v) is 5.73. The largest absolute Gasteiger partial charge is 0.311 e. The van der Waals surface area contributed by atoms with Crippen LogP contribution in [-0.4, -0.2) is 56.9 Å². The molecule has 6 heteroatoms. The smallest absolute Gasteiger partial charge is 0.243 e. The number of rotatable bonds is 4. The van der Waals surface area contributed by atoms with Crippen LogP contribution in [0.25, 0.3) is 0 Å². The summed E-state index contributed by atoms with van der Waals surface area (Å²) in [7, 11) is 0.579. The SMILES string of the molecule is CC1CN(S(=O)(=O)c2ccc(CN(C)C)cc2)C(C)CN1. The van der Waals surface area contributed by atoms with E-state index in [1.807, 2.05) is 40.1 Å². The van der Waals surface area contributed by atoms with Crippen molar-refractivity contribution in [3.05, 3.63) is 29.8 Å². The van der Waals surface area contributed by atoms with E-state index >= 15 is 0 Å². The minimum absolute atomic E-state index is 0.0207. The van der Waals surface area contributed by atoms with Crippen molar-refractivity contribution < 1.29 is 8.42 Å². The van der Waals surface area contributed by atoms with Crippen LogP contribution in [0, 0.1) is 0 Å². The van der Waals surface area contributed by atoms with E-state index in [4.69, 9.17) is 0 Å². The highest BCUT2D eigenvalue weighted by molar-refractivity contribution is 7.89. The molecule has 0 amide bonds. The molecule has 2 unspecified atom stereocenters. The molecule has 1 heterocycles. The van der Waals surface area contributed by atoms with E-state index < -0.39 is 10.0 Å². The maximum Gasteiger partial charge on any atom is 0.243 e. The van der Waals surface area contributed by atoms with Gasteiger partial charge >= 0.3 is 0 Å². The van der Waals surface area contributed by atoms with Gasteiger partial charge in [0.25, 0.3) is 0 Å². The molecule has 0 saturated carbocycles. The number of nitrogens with zero attached hydrogens (tertiary/aromatic N) is 2. The molecular weight excluding hydrogens is 286 g/mol. The van der Waals surface area contributed by atoms with Gasteiger partial charge in [0, 0.05) is 31.7 Å². The van der Waals surface area contributed by atoms with Gasteiger partial charge in [0.05, 0.1) is 4.90 Å². The number of hydrogen-bond donors (Lipinski definition) is 1. The van der Waals surface area contributed by atoms with Crippen molar-refractivity contribution in [2.75, 3.05) is 27.2 Å². The van der Waals surface area contributed by atoms with E-state index in [0.717, 1.165) is 12.1 Å². The van der Waals surface area contributed by atoms with Crippen molar-refractivity contribution in [2.45, 2.75) is 37.4 Å². The molecule has 0 bridgehead atoms. The second-order valence-corrected chi connectivity index (χ2v) is 8.01. The summed E-state index contributed by atoms with van der Waals surface area (Å²) in [6.45, 7) is 5.97. The molecule has 1 aromatic carbocycles. The van der Waals surface area contributed by atoms with Crippen LogP contribution < -0.4 is 5.32 Å². The summed E-state index contributed by atoms with van der Waals surface area (Å²) in [6, 6.07) is 7.38. The van der Waals surface area contributed by atoms with Crippen LogP contribution in [0.3, 0.4) is 0 Å². The molecular formula is C15H25N3O2S. The Morgan fingerprint density at radius 3 is 2.43 bits per heavy atom. The van der Waals surface area contributed by atoms with Gasteiger partial charge in [0.15, 0.2) is 0 Å². The zero-order valence-corrected chi connectivity index (χ0v) is 14.0. The van der Waals surface area contributed by atoms with Gasteiger partial charge in [-0.05, 0) is 45.6 Å². The first-order valence-corrected chi connectivity index (χ1v) is 8.73. The van der Waals surface area contributed by atoms with Gasteiger partial charge in [-0.15, -0.1) is 0 Å². The van der Waals surface area contributed by atoms with Gasteiger partial charge in [-0.3, -0.25) is 0 Å². The van der Waals surface area contributed by atoms with E-state index in [9.17, 15) is 8.42 Å². The van der Waals surface area contributed by atoms with E-state index in [2.05, 4.69) is 10.2 Å². The van der Waals surface area contributed by atoms with Crippen LogP contribution >= 0.6 is 0 Å². The Morgan fingerprint density at radius 1 is 1.24 bits per heavy atom. The fraction of sp³-hybridized carbons (Fsp3) is 0.600. The highest BCUT2D eigenvalue weighted by Gasteiger charge is 2.33. The average molecular weight is 311 g/mol. The molecule has 1 aliphatic rings. The first-order valence-electron chi connectivity index (χ1n) is 7.29. The molecule has 0 spiro atoms. The van der Waals surface area contributed by atoms with Crippen molar-refractivity contribution in [1.82, 2.24) is 14.5 Å². The maximum absolute atomic E-state index is 12.8. The summed E-state index contributed by atoms with van der Waals surface area (Å²) >= 11 is 0. The molecule has 0 aromatic heterocycles. The van der Waals surface area contributed by atoms with Crippen molar-refractivity contribution in [1.29, 1.82) is 0 Å². The molecule has 2 rings (SSSR count). The first-order chi connectivity index (χ1) is 9.80. The Morgan fingerprint density at radius 2 is 1.86 bits per heavy atom. The number of sulfonamides is 1. The van der Waals surface area contributed by atoms with E-state index in [1.54, 1.807) is 16.4 Å². The summed E-state index contributed by atoms with van der Waals surface area (Å²) in [5.74, 6) is 0. The minimum Gasteiger partial charge on any atom is -0.311 e. The van der Waals surface area contributed by atoms with Gasteiger partial charge < -0.3 is 10.2 Å². The van der Waals surface area contributed by atoms with Crippen molar-refractivity contribution in [2.24, 2.45) is 0 Å². The van der Waals surface area contributed by atoms with Crippen LogP contribution in [0.5, 0.6) is 0 Å². The second-order valence-electron chi connectivity index (χ2n) is 6.11. The third kappa shape index (κ3) is 3.83. The van der Waals surface area contributed by atoms with Crippen LogP contribution in [0.1, 0.15) is 19.4 Å². The number of hydrogen-bond acceptors (Lipinski definition) is 4. The molecule has 1 aliphatic heterocycles. The topological polar surface area (TPSA) is 52.7 Å². The van der Waals surface area contributed by atoms with E-state index in [-0.39, 0.29) is 12.1 Å². The molecule has 1 aromatic rings. The Hall–Kier alpha value is -0.950. The Kier molecular flexibility index (Phi) is 5.03. The fourth-order valence-corrected chi connectivity index (χ4v) is 4.31. The molecule has 5 nitrogen and oxygen atoms in total. The van der Waals surface area contributed by atoms with Gasteiger partial charge in [0.1, 0.15) is 0 Å². The number of piperazine rings is 1. The zero-order valence-electron chi connectivity index (χ0n) is 13.2. The van der Waals surface area contributed by atoms with Crippen LogP contribution in [0.2, 0.25) is 0 Å². The van der Waals surface area contributed by atoms with E-state index in [1.165, 1.54) is 0 Å². The lowest BCUT2D eigenvalue weighted by molar-refractivity contribution is 0.244. The highest BCUT2D eigenvalue weighted by Crippen LogP contribution is 2.21. The third-order valence-electron chi connectivity index (χ3n) is 3.74. The molecule has 2 atom stereocenters. The quantitative estimate of drug-likeness (QED) is 0.905. The minimum atomic E-state index is -3.41. The predicted octanol–water partition coefficient (Wildman–Crippen LogP) is 1.12. The number of benzene rings is 1. The summed E-state index contributed by atoms with van der Waals surface area (Å²) in [5, 5.41) is 3.30. The fourth-order valence-electron chi connectivity index (χ4n) is 2.59. The molecule has 1 N–H and O–H groups in total. The van der Waals surface area contributed by atoms with E-state index in [0.29, 0.717) is 18.0 Å². The van der Waals surface area contributed by atoms with Crippen LogP contribution in [0.15, 0.2) is 29.2 Å². The van der Waals surface area contributed by atoms with Gasteiger partial charge in [-0.25, -0.2) is 8.42 Å². The summed E-state index contributed by atoms with van der Waals surface area (Å²) in [6.07, 6.45) is 0. The first kappa shape index (κ1) is 16.4. The maximum atomic E-state index is 12.8. The predicted molar refractivity (Wildman–Crippen MR) is 84.7 cm³/mol. The average Bonchev–Trinajstić information content (AvgIpc) is 2.41. The summed E-state index contributed by atoms with van der Waals surface area (Å²) in [4.78, 5) is 2.44. The lowest BCUT2D eigenvalue weighted by Gasteiger charge is -2.36. The van der Waals surface area contributed by atoms with Gasteiger partial charge in [-0.2, -0.15) is 4.31 Å². The molecule has 0 radical (unpaired) electrons. The van der Waals surface area contributed by atoms with Crippen molar-refractivity contribution in [3.8, 4) is 0 Å². The summed E-state index contributed by atoms with van der Waals surface area (Å²) < 4.78 is 27.1. The lowest BCUT2D eigenvalue weighted by atomic mass is 10.2. The van der Waals surface area contributed by atoms with Gasteiger partial charge in [-0.1, -0.05) is 12.1 Å². The summed E-state index contributed by atoms with van der Waals surface area (Å²) in [5.41, 5.74) is 1.11. The highest BCUT2D eigenvalue weighted by atomic mass is 32.2. The molecule has 1 saturated heterocycles. The van der Waals surface area contributed by atoms with Gasteiger partial charge in [0.2, 0.25) is 10.0 Å². The second kappa shape index (κ2) is 6.44. The van der Waals surface area contributed by atoms with Crippen molar-refractivity contribution >= 4 is 10.0 Å². The normalized spacial score (nSPS) is 24.4. The molecule has 118 valence electrons. The standard InChI is InChI=1S/C15H25N3O2S/c1-12-10-18(13(2)9-16-12)21(19,20)15-7-5-14(6-8-15)11-17(3)4/h5-8,12-13,16H,9-11H2,1-4H3. The molecule has 21 heavy (non-hydrogen) atoms. The molecule has 0 aliphatic carbocycles. The zero-order chi connectivity index (χ0) is 15.6.